The molecule has 9 heteroatoms. The van der Waals surface area contributed by atoms with E-state index in [1.165, 1.54) is 6.07 Å². The number of rotatable bonds is 7. The first-order chi connectivity index (χ1) is 13.5. The summed E-state index contributed by atoms with van der Waals surface area (Å²) in [4.78, 5) is 16.4. The van der Waals surface area contributed by atoms with Crippen molar-refractivity contribution in [3.05, 3.63) is 67.0 Å². The molecule has 2 aromatic heterocycles. The molecule has 1 amide bonds. The average molecular weight is 401 g/mol. The zero-order chi connectivity index (χ0) is 20.1. The van der Waals surface area contributed by atoms with Crippen molar-refractivity contribution < 1.29 is 13.6 Å². The van der Waals surface area contributed by atoms with E-state index in [2.05, 4.69) is 27.1 Å². The van der Waals surface area contributed by atoms with Crippen LogP contribution in [0.25, 0.3) is 11.4 Å². The topological polar surface area (TPSA) is 72.7 Å². The molecule has 3 rings (SSSR count). The monoisotopic (exact) mass is 401 g/mol. The lowest BCUT2D eigenvalue weighted by Gasteiger charge is -2.13. The molecule has 0 radical (unpaired) electrons. The summed E-state index contributed by atoms with van der Waals surface area (Å²) < 4.78 is 29.3. The Balaban J connectivity index is 1.80. The number of allylic oxidation sites excluding steroid dienone is 1. The molecule has 3 aromatic rings. The van der Waals surface area contributed by atoms with Crippen LogP contribution in [-0.2, 0) is 11.3 Å². The molecule has 144 valence electrons. The molecule has 0 spiro atoms. The predicted octanol–water partition coefficient (Wildman–Crippen LogP) is 3.92. The maximum atomic E-state index is 13.8. The van der Waals surface area contributed by atoms with Gasteiger partial charge in [0.15, 0.2) is 11.0 Å². The highest BCUT2D eigenvalue weighted by Crippen LogP contribution is 2.28. The number of halogens is 2. The molecule has 0 saturated heterocycles. The molecule has 1 N–H and O–H groups in total. The van der Waals surface area contributed by atoms with Crippen molar-refractivity contribution in [1.82, 2.24) is 19.7 Å². The van der Waals surface area contributed by atoms with Crippen LogP contribution in [0.5, 0.6) is 0 Å². The first-order valence-electron chi connectivity index (χ1n) is 8.37. The van der Waals surface area contributed by atoms with Gasteiger partial charge in [-0.15, -0.1) is 16.8 Å². The van der Waals surface area contributed by atoms with E-state index in [1.54, 1.807) is 42.1 Å². The van der Waals surface area contributed by atoms with Gasteiger partial charge >= 0.3 is 0 Å². The second-order valence-corrected chi connectivity index (χ2v) is 7.10. The molecule has 2 heterocycles. The third-order valence-electron chi connectivity index (χ3n) is 3.83. The number of pyridine rings is 1. The molecule has 28 heavy (non-hydrogen) atoms. The van der Waals surface area contributed by atoms with Crippen molar-refractivity contribution in [2.45, 2.75) is 23.9 Å². The van der Waals surface area contributed by atoms with Gasteiger partial charge in [0.2, 0.25) is 5.91 Å². The van der Waals surface area contributed by atoms with Gasteiger partial charge in [0.1, 0.15) is 17.3 Å². The van der Waals surface area contributed by atoms with Crippen molar-refractivity contribution in [1.29, 1.82) is 0 Å². The second-order valence-electron chi connectivity index (χ2n) is 5.79. The number of para-hydroxylation sites is 1. The van der Waals surface area contributed by atoms with Crippen molar-refractivity contribution in [2.75, 3.05) is 5.32 Å². The molecule has 0 fully saturated rings. The normalized spacial score (nSPS) is 11.8. The summed E-state index contributed by atoms with van der Waals surface area (Å²) in [7, 11) is 0. The van der Waals surface area contributed by atoms with Crippen LogP contribution in [0.15, 0.2) is 60.5 Å². The number of nitrogens with zero attached hydrogens (tertiary/aromatic N) is 4. The molecule has 0 aliphatic rings. The molecule has 0 saturated carbocycles. The van der Waals surface area contributed by atoms with Gasteiger partial charge in [0, 0.05) is 24.5 Å². The average Bonchev–Trinajstić information content (AvgIpc) is 3.08. The Morgan fingerprint density at radius 2 is 1.93 bits per heavy atom. The lowest BCUT2D eigenvalue weighted by molar-refractivity contribution is -0.115. The minimum absolute atomic E-state index is 0.434. The van der Waals surface area contributed by atoms with Crippen LogP contribution >= 0.6 is 11.8 Å². The number of aromatic nitrogens is 4. The van der Waals surface area contributed by atoms with Gasteiger partial charge in [-0.05, 0) is 31.2 Å². The number of anilines is 1. The van der Waals surface area contributed by atoms with E-state index in [-0.39, 0.29) is 0 Å². The van der Waals surface area contributed by atoms with Crippen LogP contribution in [0.4, 0.5) is 14.5 Å². The lowest BCUT2D eigenvalue weighted by Crippen LogP contribution is -2.24. The van der Waals surface area contributed by atoms with E-state index in [0.717, 1.165) is 29.5 Å². The Morgan fingerprint density at radius 1 is 1.25 bits per heavy atom. The maximum Gasteiger partial charge on any atom is 0.237 e. The largest absolute Gasteiger partial charge is 0.320 e. The van der Waals surface area contributed by atoms with Gasteiger partial charge in [-0.2, -0.15) is 0 Å². The number of hydrogen-bond acceptors (Lipinski definition) is 5. The predicted molar refractivity (Wildman–Crippen MR) is 104 cm³/mol. The van der Waals surface area contributed by atoms with E-state index in [1.807, 2.05) is 0 Å². The Hall–Kier alpha value is -3.07. The van der Waals surface area contributed by atoms with Gasteiger partial charge in [-0.25, -0.2) is 8.78 Å². The zero-order valence-electron chi connectivity index (χ0n) is 15.0. The standard InChI is InChI=1S/C19H17F2N5OS/c1-3-11-26-17(13-7-9-22-10-8-13)24-25-19(26)28-12(2)18(27)23-16-14(20)5-4-6-15(16)21/h3-10,12H,1,11H2,2H3,(H,23,27)/t12-/m1/s1. The van der Waals surface area contributed by atoms with Gasteiger partial charge < -0.3 is 5.32 Å². The third kappa shape index (κ3) is 4.25. The second kappa shape index (κ2) is 8.75. The van der Waals surface area contributed by atoms with Gasteiger partial charge in [-0.1, -0.05) is 23.9 Å². The molecule has 1 aromatic carbocycles. The Kier molecular flexibility index (Phi) is 6.15. The Bertz CT molecular complexity index is 973. The molecule has 0 bridgehead atoms. The van der Waals surface area contributed by atoms with Crippen molar-refractivity contribution in [3.8, 4) is 11.4 Å². The quantitative estimate of drug-likeness (QED) is 0.480. The highest BCUT2D eigenvalue weighted by molar-refractivity contribution is 8.00. The van der Waals surface area contributed by atoms with Crippen LogP contribution in [-0.4, -0.2) is 30.9 Å². The van der Waals surface area contributed by atoms with E-state index in [0.29, 0.717) is 17.5 Å². The van der Waals surface area contributed by atoms with Gasteiger partial charge in [-0.3, -0.25) is 14.3 Å². The van der Waals surface area contributed by atoms with Crippen LogP contribution < -0.4 is 5.32 Å². The SMILES string of the molecule is C=CCn1c(S[C@H](C)C(=O)Nc2c(F)cccc2F)nnc1-c1ccncc1. The van der Waals surface area contributed by atoms with Crippen molar-refractivity contribution in [3.63, 3.8) is 0 Å². The fourth-order valence-electron chi connectivity index (χ4n) is 2.44. The lowest BCUT2D eigenvalue weighted by atomic mass is 10.2. The summed E-state index contributed by atoms with van der Waals surface area (Å²) in [5.74, 6) is -1.61. The number of carbonyl (C=O) groups excluding carboxylic acids is 1. The molecule has 0 unspecified atom stereocenters. The minimum Gasteiger partial charge on any atom is -0.320 e. The number of benzene rings is 1. The minimum atomic E-state index is -0.833. The number of hydrogen-bond donors (Lipinski definition) is 1. The summed E-state index contributed by atoms with van der Waals surface area (Å²) >= 11 is 1.13. The summed E-state index contributed by atoms with van der Waals surface area (Å²) in [6, 6.07) is 7.00. The summed E-state index contributed by atoms with van der Waals surface area (Å²) in [5, 5.41) is 10.5. The van der Waals surface area contributed by atoms with Crippen molar-refractivity contribution >= 4 is 23.4 Å². The van der Waals surface area contributed by atoms with E-state index >= 15 is 0 Å². The van der Waals surface area contributed by atoms with Crippen molar-refractivity contribution in [2.24, 2.45) is 0 Å². The smallest absolute Gasteiger partial charge is 0.237 e. The molecular formula is C19H17F2N5OS. The van der Waals surface area contributed by atoms with E-state index in [9.17, 15) is 13.6 Å². The van der Waals surface area contributed by atoms with Gasteiger partial charge in [0.25, 0.3) is 0 Å². The number of amides is 1. The fraction of sp³-hybridized carbons (Fsp3) is 0.158. The van der Waals surface area contributed by atoms with Crippen LogP contribution in [0.3, 0.4) is 0 Å². The zero-order valence-corrected chi connectivity index (χ0v) is 15.8. The van der Waals surface area contributed by atoms with Crippen LogP contribution in [0, 0.1) is 11.6 Å². The Morgan fingerprint density at radius 3 is 2.57 bits per heavy atom. The highest BCUT2D eigenvalue weighted by Gasteiger charge is 2.22. The van der Waals surface area contributed by atoms with Crippen LogP contribution in [0.2, 0.25) is 0 Å². The molecular weight excluding hydrogens is 384 g/mol. The van der Waals surface area contributed by atoms with Gasteiger partial charge in [0.05, 0.1) is 5.25 Å². The van der Waals surface area contributed by atoms with E-state index < -0.39 is 28.5 Å². The molecule has 0 aliphatic heterocycles. The Labute approximate surface area is 164 Å². The number of nitrogens with one attached hydrogen (secondary N) is 1. The maximum absolute atomic E-state index is 13.8. The number of carbonyl (C=O) groups is 1. The first kappa shape index (κ1) is 19.7. The van der Waals surface area contributed by atoms with Crippen LogP contribution in [0.1, 0.15) is 6.92 Å². The molecule has 0 aliphatic carbocycles. The first-order valence-corrected chi connectivity index (χ1v) is 9.25. The third-order valence-corrected chi connectivity index (χ3v) is 4.91. The fourth-order valence-corrected chi connectivity index (χ4v) is 3.30. The molecule has 1 atom stereocenters. The summed E-state index contributed by atoms with van der Waals surface area (Å²) in [5.41, 5.74) is 0.353. The highest BCUT2D eigenvalue weighted by atomic mass is 32.2. The molecule has 6 nitrogen and oxygen atoms in total. The van der Waals surface area contributed by atoms with E-state index in [4.69, 9.17) is 0 Å². The summed E-state index contributed by atoms with van der Waals surface area (Å²) in [6.07, 6.45) is 4.99. The number of thioether (sulfide) groups is 1. The summed E-state index contributed by atoms with van der Waals surface area (Å²) in [6.45, 7) is 5.80.